The smallest absolute Gasteiger partial charge is 0.343 e. The predicted molar refractivity (Wildman–Crippen MR) is 87.3 cm³/mol. The molecular formula is C18H16O6. The Balaban J connectivity index is 2.24. The fourth-order valence-electron chi connectivity index (χ4n) is 1.93. The first kappa shape index (κ1) is 17.1. The third kappa shape index (κ3) is 4.13. The first-order chi connectivity index (χ1) is 11.4. The number of benzene rings is 2. The van der Waals surface area contributed by atoms with Gasteiger partial charge in [-0.1, -0.05) is 6.07 Å². The Morgan fingerprint density at radius 1 is 1.04 bits per heavy atom. The molecule has 0 aromatic heterocycles. The number of carbonyl (C=O) groups is 2. The van der Waals surface area contributed by atoms with Crippen molar-refractivity contribution in [2.45, 2.75) is 6.92 Å². The van der Waals surface area contributed by atoms with Gasteiger partial charge in [0.05, 0.1) is 12.7 Å². The monoisotopic (exact) mass is 328 g/mol. The number of aliphatic carboxylic acids is 1. The van der Waals surface area contributed by atoms with Crippen molar-refractivity contribution < 1.29 is 29.3 Å². The van der Waals surface area contributed by atoms with Crippen LogP contribution in [0.4, 0.5) is 0 Å². The number of phenols is 1. The van der Waals surface area contributed by atoms with E-state index in [1.54, 1.807) is 12.1 Å². The minimum Gasteiger partial charge on any atom is -0.508 e. The van der Waals surface area contributed by atoms with Gasteiger partial charge in [0.2, 0.25) is 0 Å². The van der Waals surface area contributed by atoms with E-state index in [0.29, 0.717) is 11.3 Å². The summed E-state index contributed by atoms with van der Waals surface area (Å²) in [5.41, 5.74) is 1.06. The summed E-state index contributed by atoms with van der Waals surface area (Å²) in [4.78, 5) is 23.0. The lowest BCUT2D eigenvalue weighted by Gasteiger charge is -2.10. The fourth-order valence-corrected chi connectivity index (χ4v) is 1.93. The quantitative estimate of drug-likeness (QED) is 0.498. The van der Waals surface area contributed by atoms with E-state index in [1.165, 1.54) is 50.4 Å². The van der Waals surface area contributed by atoms with E-state index in [2.05, 4.69) is 0 Å². The summed E-state index contributed by atoms with van der Waals surface area (Å²) in [7, 11) is 1.42. The van der Waals surface area contributed by atoms with Gasteiger partial charge in [0, 0.05) is 5.57 Å². The molecule has 2 aromatic rings. The number of hydrogen-bond donors (Lipinski definition) is 2. The van der Waals surface area contributed by atoms with Crippen molar-refractivity contribution in [1.82, 2.24) is 0 Å². The van der Waals surface area contributed by atoms with Crippen LogP contribution in [0.2, 0.25) is 0 Å². The van der Waals surface area contributed by atoms with E-state index in [4.69, 9.17) is 14.6 Å². The highest BCUT2D eigenvalue weighted by Crippen LogP contribution is 2.29. The SMILES string of the molecule is COc1cc(/C=C(\C)C(=O)O)ccc1OC(=O)c1ccc(O)cc1. The van der Waals surface area contributed by atoms with Crippen molar-refractivity contribution in [3.05, 3.63) is 59.2 Å². The molecule has 0 aliphatic carbocycles. The second kappa shape index (κ2) is 7.32. The molecule has 6 heteroatoms. The summed E-state index contributed by atoms with van der Waals surface area (Å²) in [6.07, 6.45) is 1.48. The number of hydrogen-bond acceptors (Lipinski definition) is 5. The van der Waals surface area contributed by atoms with Crippen LogP contribution in [0.5, 0.6) is 17.2 Å². The van der Waals surface area contributed by atoms with Crippen molar-refractivity contribution >= 4 is 18.0 Å². The summed E-state index contributed by atoms with van der Waals surface area (Å²) in [5.74, 6) is -1.06. The summed E-state index contributed by atoms with van der Waals surface area (Å²) in [6, 6.07) is 10.4. The molecule has 0 atom stereocenters. The maximum atomic E-state index is 12.1. The minimum absolute atomic E-state index is 0.0501. The average molecular weight is 328 g/mol. The molecular weight excluding hydrogens is 312 g/mol. The van der Waals surface area contributed by atoms with Crippen LogP contribution < -0.4 is 9.47 Å². The van der Waals surface area contributed by atoms with E-state index >= 15 is 0 Å². The molecule has 0 aliphatic rings. The zero-order valence-electron chi connectivity index (χ0n) is 13.1. The number of phenolic OH excluding ortho intramolecular Hbond substituents is 1. The molecule has 0 amide bonds. The van der Waals surface area contributed by atoms with Gasteiger partial charge in [-0.15, -0.1) is 0 Å². The van der Waals surface area contributed by atoms with Crippen molar-refractivity contribution in [2.24, 2.45) is 0 Å². The molecule has 0 bridgehead atoms. The number of rotatable bonds is 5. The molecule has 2 rings (SSSR count). The molecule has 6 nitrogen and oxygen atoms in total. The number of esters is 1. The molecule has 0 spiro atoms. The van der Waals surface area contributed by atoms with E-state index < -0.39 is 11.9 Å². The Hall–Kier alpha value is -3.28. The molecule has 0 unspecified atom stereocenters. The van der Waals surface area contributed by atoms with Crippen LogP contribution >= 0.6 is 0 Å². The van der Waals surface area contributed by atoms with Gasteiger partial charge in [-0.05, 0) is 55.0 Å². The average Bonchev–Trinajstić information content (AvgIpc) is 2.56. The summed E-state index contributed by atoms with van der Waals surface area (Å²) in [6.45, 7) is 1.48. The molecule has 2 N–H and O–H groups in total. The van der Waals surface area contributed by atoms with Crippen molar-refractivity contribution in [1.29, 1.82) is 0 Å². The Morgan fingerprint density at radius 3 is 2.29 bits per heavy atom. The third-order valence-electron chi connectivity index (χ3n) is 3.21. The van der Waals surface area contributed by atoms with Crippen LogP contribution in [0.3, 0.4) is 0 Å². The van der Waals surface area contributed by atoms with E-state index in [9.17, 15) is 14.7 Å². The highest BCUT2D eigenvalue weighted by molar-refractivity contribution is 5.92. The molecule has 124 valence electrons. The van der Waals surface area contributed by atoms with E-state index in [0.717, 1.165) is 0 Å². The van der Waals surface area contributed by atoms with Crippen LogP contribution in [0, 0.1) is 0 Å². The highest BCUT2D eigenvalue weighted by Gasteiger charge is 2.13. The number of carboxylic acid groups (broad SMARTS) is 1. The lowest BCUT2D eigenvalue weighted by molar-refractivity contribution is -0.132. The lowest BCUT2D eigenvalue weighted by Crippen LogP contribution is -2.09. The fraction of sp³-hybridized carbons (Fsp3) is 0.111. The number of carboxylic acids is 1. The maximum absolute atomic E-state index is 12.1. The number of methoxy groups -OCH3 is 1. The number of carbonyl (C=O) groups excluding carboxylic acids is 1. The normalized spacial score (nSPS) is 11.0. The predicted octanol–water partition coefficient (Wildman–Crippen LogP) is 3.11. The topological polar surface area (TPSA) is 93.1 Å². The van der Waals surface area contributed by atoms with Crippen LogP contribution in [0.1, 0.15) is 22.8 Å². The molecule has 0 saturated heterocycles. The lowest BCUT2D eigenvalue weighted by atomic mass is 10.1. The molecule has 0 heterocycles. The molecule has 0 saturated carbocycles. The standard InChI is InChI=1S/C18H16O6/c1-11(17(20)21)9-12-3-8-15(16(10-12)23-2)24-18(22)13-4-6-14(19)7-5-13/h3-10,19H,1-2H3,(H,20,21)/b11-9+. The largest absolute Gasteiger partial charge is 0.508 e. The van der Waals surface area contributed by atoms with Gasteiger partial charge in [0.25, 0.3) is 0 Å². The second-order valence-corrected chi connectivity index (χ2v) is 4.98. The van der Waals surface area contributed by atoms with Gasteiger partial charge in [0.15, 0.2) is 11.5 Å². The van der Waals surface area contributed by atoms with Gasteiger partial charge in [-0.2, -0.15) is 0 Å². The van der Waals surface area contributed by atoms with Crippen LogP contribution in [0.15, 0.2) is 48.0 Å². The zero-order valence-corrected chi connectivity index (χ0v) is 13.1. The van der Waals surface area contributed by atoms with Crippen LogP contribution in [0.25, 0.3) is 6.08 Å². The molecule has 2 aromatic carbocycles. The first-order valence-electron chi connectivity index (χ1n) is 7.01. The Kier molecular flexibility index (Phi) is 5.21. The number of ether oxygens (including phenoxy) is 2. The Labute approximate surface area is 138 Å². The van der Waals surface area contributed by atoms with Gasteiger partial charge >= 0.3 is 11.9 Å². The summed E-state index contributed by atoms with van der Waals surface area (Å²) < 4.78 is 10.5. The minimum atomic E-state index is -1.02. The molecule has 0 radical (unpaired) electrons. The van der Waals surface area contributed by atoms with Gasteiger partial charge < -0.3 is 19.7 Å². The van der Waals surface area contributed by atoms with E-state index in [-0.39, 0.29) is 22.6 Å². The summed E-state index contributed by atoms with van der Waals surface area (Å²) >= 11 is 0. The second-order valence-electron chi connectivity index (χ2n) is 4.98. The molecule has 0 aliphatic heterocycles. The maximum Gasteiger partial charge on any atom is 0.343 e. The van der Waals surface area contributed by atoms with Crippen molar-refractivity contribution in [2.75, 3.05) is 7.11 Å². The first-order valence-corrected chi connectivity index (χ1v) is 7.01. The van der Waals surface area contributed by atoms with Crippen molar-refractivity contribution in [3.8, 4) is 17.2 Å². The zero-order chi connectivity index (χ0) is 17.7. The third-order valence-corrected chi connectivity index (χ3v) is 3.21. The van der Waals surface area contributed by atoms with E-state index in [1.807, 2.05) is 0 Å². The highest BCUT2D eigenvalue weighted by atomic mass is 16.6. The Morgan fingerprint density at radius 2 is 1.71 bits per heavy atom. The summed E-state index contributed by atoms with van der Waals surface area (Å²) in [5, 5.41) is 18.1. The van der Waals surface area contributed by atoms with Gasteiger partial charge in [-0.3, -0.25) is 0 Å². The van der Waals surface area contributed by atoms with Crippen LogP contribution in [-0.2, 0) is 4.79 Å². The molecule has 24 heavy (non-hydrogen) atoms. The molecule has 0 fully saturated rings. The van der Waals surface area contributed by atoms with Crippen molar-refractivity contribution in [3.63, 3.8) is 0 Å². The van der Waals surface area contributed by atoms with Gasteiger partial charge in [-0.25, -0.2) is 9.59 Å². The Bertz CT molecular complexity index is 790. The van der Waals surface area contributed by atoms with Gasteiger partial charge in [0.1, 0.15) is 5.75 Å². The van der Waals surface area contributed by atoms with Crippen LogP contribution in [-0.4, -0.2) is 29.3 Å². The number of aromatic hydroxyl groups is 1.